The van der Waals surface area contributed by atoms with Gasteiger partial charge in [0.25, 0.3) is 5.91 Å². The Hall–Kier alpha value is -3.20. The van der Waals surface area contributed by atoms with Crippen LogP contribution in [0.3, 0.4) is 0 Å². The fourth-order valence-electron chi connectivity index (χ4n) is 5.97. The summed E-state index contributed by atoms with van der Waals surface area (Å²) < 4.78 is 5.86. The molecule has 210 valence electrons. The van der Waals surface area contributed by atoms with Crippen molar-refractivity contribution in [2.75, 3.05) is 50.8 Å². The van der Waals surface area contributed by atoms with E-state index in [1.54, 1.807) is 12.1 Å². The van der Waals surface area contributed by atoms with Crippen molar-refractivity contribution in [1.82, 2.24) is 25.5 Å². The summed E-state index contributed by atoms with van der Waals surface area (Å²) in [6.07, 6.45) is 10.5. The van der Waals surface area contributed by atoms with E-state index in [2.05, 4.69) is 37.3 Å². The standard InChI is InChI=1S/C30H42N6O3/c1-23-8-15-36(16-9-23)29-33-20-24(21-34-29)22-35-17-11-30(12-18-35)10-4-5-13-31-27(37)25-6-2-3-7-26(25)39-19-14-32-28(30)38/h2-3,6-7,20-21,23H,4-5,8-19,22H2,1H3,(H,31,37)(H,32,38). The number of nitrogens with zero attached hydrogens (tertiary/aromatic N) is 4. The molecule has 0 radical (unpaired) electrons. The van der Waals surface area contributed by atoms with Gasteiger partial charge in [0.05, 0.1) is 17.5 Å². The number of fused-ring (bicyclic) bond motifs is 1. The second-order valence-electron chi connectivity index (χ2n) is 11.4. The van der Waals surface area contributed by atoms with Gasteiger partial charge < -0.3 is 20.3 Å². The maximum absolute atomic E-state index is 13.5. The molecule has 3 aliphatic rings. The lowest BCUT2D eigenvalue weighted by molar-refractivity contribution is -0.134. The molecule has 2 saturated heterocycles. The van der Waals surface area contributed by atoms with Crippen molar-refractivity contribution in [2.24, 2.45) is 11.3 Å². The molecule has 5 rings (SSSR count). The Morgan fingerprint density at radius 3 is 2.46 bits per heavy atom. The fourth-order valence-corrected chi connectivity index (χ4v) is 5.97. The highest BCUT2D eigenvalue weighted by atomic mass is 16.5. The van der Waals surface area contributed by atoms with Gasteiger partial charge in [0.1, 0.15) is 12.4 Å². The second kappa shape index (κ2) is 12.8. The van der Waals surface area contributed by atoms with E-state index in [9.17, 15) is 9.59 Å². The second-order valence-corrected chi connectivity index (χ2v) is 11.4. The third-order valence-corrected chi connectivity index (χ3v) is 8.60. The number of hydrogen-bond acceptors (Lipinski definition) is 7. The molecule has 3 aliphatic heterocycles. The van der Waals surface area contributed by atoms with Crippen molar-refractivity contribution in [2.45, 2.75) is 58.4 Å². The number of para-hydroxylation sites is 1. The molecule has 4 heterocycles. The summed E-state index contributed by atoms with van der Waals surface area (Å²) in [6, 6.07) is 7.26. The molecule has 2 N–H and O–H groups in total. The first-order valence-electron chi connectivity index (χ1n) is 14.6. The number of carbonyl (C=O) groups is 2. The van der Waals surface area contributed by atoms with Crippen LogP contribution in [-0.4, -0.2) is 72.6 Å². The van der Waals surface area contributed by atoms with E-state index in [1.165, 1.54) is 12.8 Å². The van der Waals surface area contributed by atoms with Crippen molar-refractivity contribution in [3.63, 3.8) is 0 Å². The molecule has 1 spiro atoms. The highest BCUT2D eigenvalue weighted by Crippen LogP contribution is 2.37. The number of aromatic nitrogens is 2. The number of rotatable bonds is 3. The minimum absolute atomic E-state index is 0.114. The monoisotopic (exact) mass is 534 g/mol. The zero-order chi connectivity index (χ0) is 27.1. The summed E-state index contributed by atoms with van der Waals surface area (Å²) in [5, 5.41) is 6.15. The van der Waals surface area contributed by atoms with E-state index in [0.717, 1.165) is 82.3 Å². The molecule has 1 aromatic carbocycles. The molecule has 0 unspecified atom stereocenters. The van der Waals surface area contributed by atoms with E-state index in [-0.39, 0.29) is 17.2 Å². The van der Waals surface area contributed by atoms with Gasteiger partial charge >= 0.3 is 0 Å². The molecule has 2 fully saturated rings. The molecule has 9 nitrogen and oxygen atoms in total. The fraction of sp³-hybridized carbons (Fsp3) is 0.600. The van der Waals surface area contributed by atoms with Gasteiger partial charge in [-0.3, -0.25) is 14.5 Å². The zero-order valence-electron chi connectivity index (χ0n) is 23.2. The van der Waals surface area contributed by atoms with Crippen LogP contribution in [0, 0.1) is 11.3 Å². The van der Waals surface area contributed by atoms with Crippen LogP contribution in [0.15, 0.2) is 36.7 Å². The predicted octanol–water partition coefficient (Wildman–Crippen LogP) is 3.40. The van der Waals surface area contributed by atoms with Crippen molar-refractivity contribution in [3.8, 4) is 5.75 Å². The Bertz CT molecular complexity index is 1110. The minimum Gasteiger partial charge on any atom is -0.491 e. The average molecular weight is 535 g/mol. The lowest BCUT2D eigenvalue weighted by Crippen LogP contribution is -2.49. The Morgan fingerprint density at radius 2 is 1.69 bits per heavy atom. The van der Waals surface area contributed by atoms with E-state index in [4.69, 9.17) is 4.74 Å². The van der Waals surface area contributed by atoms with Crippen LogP contribution in [0.5, 0.6) is 5.75 Å². The van der Waals surface area contributed by atoms with Gasteiger partial charge in [-0.1, -0.05) is 25.5 Å². The van der Waals surface area contributed by atoms with E-state index in [1.807, 2.05) is 24.5 Å². The maximum atomic E-state index is 13.5. The first kappa shape index (κ1) is 27.4. The van der Waals surface area contributed by atoms with Crippen LogP contribution in [0.4, 0.5) is 5.95 Å². The highest BCUT2D eigenvalue weighted by Gasteiger charge is 2.40. The summed E-state index contributed by atoms with van der Waals surface area (Å²) in [5.41, 5.74) is 1.27. The SMILES string of the molecule is CC1CCN(c2ncc(CN3CCC4(CCCCNC(=O)c5ccccc5OCCNC4=O)CC3)cn2)CC1. The number of carbonyl (C=O) groups excluding carboxylic acids is 2. The average Bonchev–Trinajstić information content (AvgIpc) is 2.96. The van der Waals surface area contributed by atoms with Gasteiger partial charge in [-0.2, -0.15) is 0 Å². The third-order valence-electron chi connectivity index (χ3n) is 8.60. The molecule has 39 heavy (non-hydrogen) atoms. The van der Waals surface area contributed by atoms with Gasteiger partial charge in [-0.05, 0) is 69.7 Å². The van der Waals surface area contributed by atoms with Crippen molar-refractivity contribution in [3.05, 3.63) is 47.8 Å². The molecule has 0 atom stereocenters. The molecule has 0 bridgehead atoms. The summed E-state index contributed by atoms with van der Waals surface area (Å²) >= 11 is 0. The molecule has 1 aromatic heterocycles. The minimum atomic E-state index is -0.381. The smallest absolute Gasteiger partial charge is 0.255 e. The summed E-state index contributed by atoms with van der Waals surface area (Å²) in [7, 11) is 0. The molecule has 0 aliphatic carbocycles. The first-order chi connectivity index (χ1) is 19.0. The number of nitrogens with one attached hydrogen (secondary N) is 2. The number of likely N-dealkylation sites (tertiary alicyclic amines) is 1. The quantitative estimate of drug-likeness (QED) is 0.623. The molecular weight excluding hydrogens is 492 g/mol. The summed E-state index contributed by atoms with van der Waals surface area (Å²) in [6.45, 7) is 8.22. The molecule has 9 heteroatoms. The van der Waals surface area contributed by atoms with Gasteiger partial charge in [0.2, 0.25) is 11.9 Å². The highest BCUT2D eigenvalue weighted by molar-refractivity contribution is 5.96. The van der Waals surface area contributed by atoms with Gasteiger partial charge in [0.15, 0.2) is 0 Å². The van der Waals surface area contributed by atoms with Crippen molar-refractivity contribution in [1.29, 1.82) is 0 Å². The normalized spacial score (nSPS) is 21.8. The number of ether oxygens (including phenoxy) is 1. The van der Waals surface area contributed by atoms with Gasteiger partial charge in [0, 0.05) is 44.1 Å². The van der Waals surface area contributed by atoms with Crippen LogP contribution in [0.25, 0.3) is 0 Å². The Morgan fingerprint density at radius 1 is 0.949 bits per heavy atom. The number of benzene rings is 1. The molecular formula is C30H42N6O3. The topological polar surface area (TPSA) is 99.7 Å². The molecule has 0 saturated carbocycles. The van der Waals surface area contributed by atoms with Crippen LogP contribution in [0.2, 0.25) is 0 Å². The maximum Gasteiger partial charge on any atom is 0.255 e. The van der Waals surface area contributed by atoms with Crippen LogP contribution in [0.1, 0.15) is 67.8 Å². The van der Waals surface area contributed by atoms with Gasteiger partial charge in [-0.15, -0.1) is 0 Å². The number of piperidine rings is 2. The Kier molecular flexibility index (Phi) is 8.96. The number of amides is 2. The number of anilines is 1. The molecule has 2 aromatic rings. The van der Waals surface area contributed by atoms with Crippen molar-refractivity contribution < 1.29 is 14.3 Å². The van der Waals surface area contributed by atoms with E-state index in [0.29, 0.717) is 31.0 Å². The van der Waals surface area contributed by atoms with E-state index >= 15 is 0 Å². The zero-order valence-corrected chi connectivity index (χ0v) is 23.2. The Balaban J connectivity index is 1.16. The van der Waals surface area contributed by atoms with Gasteiger partial charge in [-0.25, -0.2) is 9.97 Å². The number of hydrogen-bond donors (Lipinski definition) is 2. The summed E-state index contributed by atoms with van der Waals surface area (Å²) in [5.74, 6) is 2.18. The molecule has 2 amide bonds. The predicted molar refractivity (Wildman–Crippen MR) is 151 cm³/mol. The first-order valence-corrected chi connectivity index (χ1v) is 14.6. The summed E-state index contributed by atoms with van der Waals surface area (Å²) in [4.78, 5) is 40.1. The lowest BCUT2D eigenvalue weighted by Gasteiger charge is -2.41. The van der Waals surface area contributed by atoms with Crippen LogP contribution < -0.4 is 20.3 Å². The largest absolute Gasteiger partial charge is 0.491 e. The van der Waals surface area contributed by atoms with Crippen LogP contribution in [-0.2, 0) is 11.3 Å². The lowest BCUT2D eigenvalue weighted by atomic mass is 9.73. The van der Waals surface area contributed by atoms with E-state index < -0.39 is 0 Å². The third kappa shape index (κ3) is 6.87. The van der Waals surface area contributed by atoms with Crippen molar-refractivity contribution >= 4 is 17.8 Å². The van der Waals surface area contributed by atoms with Crippen LogP contribution >= 0.6 is 0 Å². The Labute approximate surface area is 231 Å².